The third-order valence-corrected chi connectivity index (χ3v) is 3.63. The van der Waals surface area contributed by atoms with Gasteiger partial charge in [-0.25, -0.2) is 0 Å². The number of unbranched alkanes of at least 4 members (excludes halogenated alkanes) is 2. The minimum atomic E-state index is 0.118. The molecule has 1 aromatic carbocycles. The smallest absolute Gasteiger partial charge is 0.118 e. The predicted molar refractivity (Wildman–Crippen MR) is 87.6 cm³/mol. The van der Waals surface area contributed by atoms with Crippen LogP contribution in [0.15, 0.2) is 42.6 Å². The molecule has 1 aromatic heterocycles. The summed E-state index contributed by atoms with van der Waals surface area (Å²) < 4.78 is 7.38. The molecule has 2 rings (SSSR count). The standard InChI is InChI=1S/C19H23NO/c1-4-5-6-7-9-18(19-10-8-15-20(19)2)16-11-13-17(21-3)14-12-16/h8,10-15,18H,4-6H2,1-3H3. The van der Waals surface area contributed by atoms with Crippen molar-refractivity contribution in [3.63, 3.8) is 0 Å². The van der Waals surface area contributed by atoms with Crippen molar-refractivity contribution in [3.05, 3.63) is 53.9 Å². The van der Waals surface area contributed by atoms with Crippen molar-refractivity contribution in [2.24, 2.45) is 7.05 Å². The van der Waals surface area contributed by atoms with E-state index in [1.165, 1.54) is 17.7 Å². The van der Waals surface area contributed by atoms with E-state index >= 15 is 0 Å². The SMILES string of the molecule is CCCCC#CC(c1ccc(OC)cc1)c1cccn1C. The summed E-state index contributed by atoms with van der Waals surface area (Å²) in [5.41, 5.74) is 2.44. The summed E-state index contributed by atoms with van der Waals surface area (Å²) in [5.74, 6) is 7.77. The van der Waals surface area contributed by atoms with Gasteiger partial charge in [-0.05, 0) is 36.2 Å². The lowest BCUT2D eigenvalue weighted by molar-refractivity contribution is 0.414. The summed E-state index contributed by atoms with van der Waals surface area (Å²) in [6, 6.07) is 12.4. The van der Waals surface area contributed by atoms with Crippen molar-refractivity contribution in [2.45, 2.75) is 32.1 Å². The second kappa shape index (κ2) is 7.59. The Hall–Kier alpha value is -2.14. The molecule has 0 aliphatic rings. The van der Waals surface area contributed by atoms with E-state index < -0.39 is 0 Å². The molecule has 0 N–H and O–H groups in total. The topological polar surface area (TPSA) is 14.2 Å². The molecule has 0 aliphatic heterocycles. The lowest BCUT2D eigenvalue weighted by Crippen LogP contribution is -2.04. The van der Waals surface area contributed by atoms with E-state index in [0.29, 0.717) is 0 Å². The molecule has 0 fully saturated rings. The van der Waals surface area contributed by atoms with Crippen LogP contribution in [0.25, 0.3) is 0 Å². The quantitative estimate of drug-likeness (QED) is 0.587. The van der Waals surface area contributed by atoms with Gasteiger partial charge in [0.25, 0.3) is 0 Å². The maximum atomic E-state index is 5.24. The van der Waals surface area contributed by atoms with Crippen LogP contribution in [-0.4, -0.2) is 11.7 Å². The number of rotatable bonds is 5. The summed E-state index contributed by atoms with van der Waals surface area (Å²) >= 11 is 0. The Morgan fingerprint density at radius 1 is 1.19 bits per heavy atom. The van der Waals surface area contributed by atoms with E-state index in [9.17, 15) is 0 Å². The van der Waals surface area contributed by atoms with Gasteiger partial charge in [-0.15, -0.1) is 5.92 Å². The highest BCUT2D eigenvalue weighted by Crippen LogP contribution is 2.26. The maximum absolute atomic E-state index is 5.24. The highest BCUT2D eigenvalue weighted by molar-refractivity contribution is 5.40. The molecule has 0 spiro atoms. The first-order valence-electron chi connectivity index (χ1n) is 7.49. The monoisotopic (exact) mass is 281 g/mol. The molecule has 21 heavy (non-hydrogen) atoms. The normalized spacial score (nSPS) is 11.6. The highest BCUT2D eigenvalue weighted by Gasteiger charge is 2.14. The number of aryl methyl sites for hydroxylation is 1. The van der Waals surface area contributed by atoms with Crippen LogP contribution in [0.1, 0.15) is 43.4 Å². The Labute approximate surface area is 127 Å². The van der Waals surface area contributed by atoms with Crippen molar-refractivity contribution in [1.82, 2.24) is 4.57 Å². The Morgan fingerprint density at radius 2 is 1.95 bits per heavy atom. The highest BCUT2D eigenvalue weighted by atomic mass is 16.5. The fourth-order valence-corrected chi connectivity index (χ4v) is 2.34. The van der Waals surface area contributed by atoms with Crippen LogP contribution >= 0.6 is 0 Å². The molecule has 0 saturated carbocycles. The molecular formula is C19H23NO. The third kappa shape index (κ3) is 3.92. The zero-order chi connectivity index (χ0) is 15.1. The number of hydrogen-bond donors (Lipinski definition) is 0. The number of methoxy groups -OCH3 is 1. The first-order chi connectivity index (χ1) is 10.3. The van der Waals surface area contributed by atoms with Crippen LogP contribution < -0.4 is 4.74 Å². The van der Waals surface area contributed by atoms with Crippen molar-refractivity contribution in [3.8, 4) is 17.6 Å². The van der Waals surface area contributed by atoms with Gasteiger partial charge in [-0.3, -0.25) is 0 Å². The van der Waals surface area contributed by atoms with Gasteiger partial charge in [0.2, 0.25) is 0 Å². The molecule has 1 unspecified atom stereocenters. The average Bonchev–Trinajstić information content (AvgIpc) is 2.94. The summed E-state index contributed by atoms with van der Waals surface area (Å²) in [4.78, 5) is 0. The molecule has 0 bridgehead atoms. The minimum Gasteiger partial charge on any atom is -0.497 e. The van der Waals surface area contributed by atoms with Crippen molar-refractivity contribution < 1.29 is 4.74 Å². The van der Waals surface area contributed by atoms with Gasteiger partial charge in [0.1, 0.15) is 5.75 Å². The second-order valence-electron chi connectivity index (χ2n) is 5.17. The first kappa shape index (κ1) is 15.3. The molecule has 1 heterocycles. The Morgan fingerprint density at radius 3 is 2.52 bits per heavy atom. The molecule has 1 atom stereocenters. The molecule has 0 saturated heterocycles. The number of hydrogen-bond acceptors (Lipinski definition) is 1. The third-order valence-electron chi connectivity index (χ3n) is 3.63. The molecule has 0 aliphatic carbocycles. The van der Waals surface area contributed by atoms with Crippen LogP contribution in [0, 0.1) is 11.8 Å². The minimum absolute atomic E-state index is 0.118. The molecule has 110 valence electrons. The molecule has 0 amide bonds. The van der Waals surface area contributed by atoms with E-state index in [-0.39, 0.29) is 5.92 Å². The van der Waals surface area contributed by atoms with Crippen LogP contribution in [-0.2, 0) is 7.05 Å². The van der Waals surface area contributed by atoms with E-state index in [0.717, 1.165) is 18.6 Å². The van der Waals surface area contributed by atoms with E-state index in [1.54, 1.807) is 7.11 Å². The van der Waals surface area contributed by atoms with Crippen molar-refractivity contribution >= 4 is 0 Å². The molecule has 2 heteroatoms. The molecular weight excluding hydrogens is 258 g/mol. The van der Waals surface area contributed by atoms with Crippen molar-refractivity contribution in [1.29, 1.82) is 0 Å². The summed E-state index contributed by atoms with van der Waals surface area (Å²) in [6.45, 7) is 2.19. The van der Waals surface area contributed by atoms with E-state index in [4.69, 9.17) is 4.74 Å². The first-order valence-corrected chi connectivity index (χ1v) is 7.49. The van der Waals surface area contributed by atoms with Gasteiger partial charge in [0, 0.05) is 25.4 Å². The summed E-state index contributed by atoms with van der Waals surface area (Å²) in [6.07, 6.45) is 5.38. The Balaban J connectivity index is 2.30. The summed E-state index contributed by atoms with van der Waals surface area (Å²) in [5, 5.41) is 0. The van der Waals surface area contributed by atoms with Gasteiger partial charge in [-0.1, -0.05) is 31.4 Å². The molecule has 2 aromatic rings. The fourth-order valence-electron chi connectivity index (χ4n) is 2.34. The Bertz CT molecular complexity index is 613. The predicted octanol–water partition coefficient (Wildman–Crippen LogP) is 4.36. The Kier molecular flexibility index (Phi) is 5.51. The average molecular weight is 281 g/mol. The van der Waals surface area contributed by atoms with E-state index in [1.807, 2.05) is 12.1 Å². The fraction of sp³-hybridized carbons (Fsp3) is 0.368. The molecule has 0 radical (unpaired) electrons. The second-order valence-corrected chi connectivity index (χ2v) is 5.17. The van der Waals surface area contributed by atoms with Crippen LogP contribution in [0.2, 0.25) is 0 Å². The van der Waals surface area contributed by atoms with Gasteiger partial charge >= 0.3 is 0 Å². The van der Waals surface area contributed by atoms with Crippen LogP contribution in [0.5, 0.6) is 5.75 Å². The largest absolute Gasteiger partial charge is 0.497 e. The van der Waals surface area contributed by atoms with Crippen molar-refractivity contribution in [2.75, 3.05) is 7.11 Å². The maximum Gasteiger partial charge on any atom is 0.118 e. The number of nitrogens with zero attached hydrogens (tertiary/aromatic N) is 1. The van der Waals surface area contributed by atoms with Crippen LogP contribution in [0.3, 0.4) is 0 Å². The zero-order valence-electron chi connectivity index (χ0n) is 13.1. The van der Waals surface area contributed by atoms with Crippen LogP contribution in [0.4, 0.5) is 0 Å². The number of ether oxygens (including phenoxy) is 1. The number of aromatic nitrogens is 1. The number of benzene rings is 1. The molecule has 2 nitrogen and oxygen atoms in total. The van der Waals surface area contributed by atoms with E-state index in [2.05, 4.69) is 60.8 Å². The zero-order valence-corrected chi connectivity index (χ0v) is 13.1. The van der Waals surface area contributed by atoms with Gasteiger partial charge in [0.15, 0.2) is 0 Å². The van der Waals surface area contributed by atoms with Gasteiger partial charge in [0.05, 0.1) is 13.0 Å². The lowest BCUT2D eigenvalue weighted by Gasteiger charge is -2.13. The van der Waals surface area contributed by atoms with Gasteiger partial charge < -0.3 is 9.30 Å². The summed E-state index contributed by atoms with van der Waals surface area (Å²) in [7, 11) is 3.76. The van der Waals surface area contributed by atoms with Gasteiger partial charge in [-0.2, -0.15) is 0 Å². The lowest BCUT2D eigenvalue weighted by atomic mass is 9.95.